The van der Waals surface area contributed by atoms with Crippen molar-refractivity contribution in [2.75, 3.05) is 0 Å². The molecule has 0 spiro atoms. The number of aromatic nitrogens is 2. The highest BCUT2D eigenvalue weighted by Gasteiger charge is 2.38. The summed E-state index contributed by atoms with van der Waals surface area (Å²) in [5.74, 6) is 0.763. The first-order valence-electron chi connectivity index (χ1n) is 7.64. The molecule has 0 atom stereocenters. The summed E-state index contributed by atoms with van der Waals surface area (Å²) in [5.41, 5.74) is 8.14. The maximum absolute atomic E-state index is 13.5. The maximum Gasteiger partial charge on any atom is 0.130 e. The molecule has 2 aliphatic rings. The van der Waals surface area contributed by atoms with Gasteiger partial charge < -0.3 is 10.3 Å². The molecule has 2 aromatic rings. The Morgan fingerprint density at radius 2 is 1.95 bits per heavy atom. The van der Waals surface area contributed by atoms with Gasteiger partial charge in [0.25, 0.3) is 0 Å². The molecule has 0 unspecified atom stereocenters. The largest absolute Gasteiger partial charge is 0.323 e. The van der Waals surface area contributed by atoms with Crippen LogP contribution in [-0.2, 0) is 5.54 Å². The fraction of sp³-hybridized carbons (Fsp3) is 0.562. The summed E-state index contributed by atoms with van der Waals surface area (Å²) >= 11 is 0. The fourth-order valence-corrected chi connectivity index (χ4v) is 3.53. The number of hydrogen-bond acceptors (Lipinski definition) is 2. The van der Waals surface area contributed by atoms with Crippen LogP contribution >= 0.6 is 0 Å². The third-order valence-corrected chi connectivity index (χ3v) is 4.75. The van der Waals surface area contributed by atoms with Crippen molar-refractivity contribution in [2.45, 2.75) is 56.5 Å². The van der Waals surface area contributed by atoms with Gasteiger partial charge >= 0.3 is 0 Å². The van der Waals surface area contributed by atoms with E-state index in [2.05, 4.69) is 4.57 Å². The monoisotopic (exact) mass is 273 g/mol. The highest BCUT2D eigenvalue weighted by atomic mass is 19.1. The third-order valence-electron chi connectivity index (χ3n) is 4.75. The van der Waals surface area contributed by atoms with Gasteiger partial charge in [0.1, 0.15) is 11.6 Å². The van der Waals surface area contributed by atoms with Crippen LogP contribution in [0.5, 0.6) is 0 Å². The predicted octanol–water partition coefficient (Wildman–Crippen LogP) is 3.63. The Hall–Kier alpha value is -1.42. The Kier molecular flexibility index (Phi) is 2.64. The summed E-state index contributed by atoms with van der Waals surface area (Å²) < 4.78 is 15.7. The first kappa shape index (κ1) is 12.3. The first-order valence-corrected chi connectivity index (χ1v) is 7.64. The van der Waals surface area contributed by atoms with Crippen molar-refractivity contribution in [1.29, 1.82) is 0 Å². The predicted molar refractivity (Wildman–Crippen MR) is 76.9 cm³/mol. The summed E-state index contributed by atoms with van der Waals surface area (Å²) in [7, 11) is 0. The van der Waals surface area contributed by atoms with Gasteiger partial charge in [0.15, 0.2) is 0 Å². The topological polar surface area (TPSA) is 43.8 Å². The molecule has 2 saturated carbocycles. The van der Waals surface area contributed by atoms with Gasteiger partial charge in [0.2, 0.25) is 0 Å². The van der Waals surface area contributed by atoms with E-state index in [0.29, 0.717) is 6.04 Å². The number of imidazole rings is 1. The van der Waals surface area contributed by atoms with Crippen LogP contribution in [0.2, 0.25) is 0 Å². The molecule has 3 nitrogen and oxygen atoms in total. The van der Waals surface area contributed by atoms with Crippen LogP contribution in [-0.4, -0.2) is 9.55 Å². The molecule has 20 heavy (non-hydrogen) atoms. The second-order valence-corrected chi connectivity index (χ2v) is 6.39. The van der Waals surface area contributed by atoms with E-state index in [4.69, 9.17) is 10.7 Å². The van der Waals surface area contributed by atoms with Crippen LogP contribution in [0, 0.1) is 5.82 Å². The first-order chi connectivity index (χ1) is 9.67. The second-order valence-electron chi connectivity index (χ2n) is 6.39. The lowest BCUT2D eigenvalue weighted by Crippen LogP contribution is -2.41. The lowest BCUT2D eigenvalue weighted by molar-refractivity contribution is 0.279. The smallest absolute Gasteiger partial charge is 0.130 e. The number of nitrogens with two attached hydrogens (primary N) is 1. The van der Waals surface area contributed by atoms with Gasteiger partial charge in [-0.05, 0) is 37.8 Å². The molecule has 2 aliphatic carbocycles. The second kappa shape index (κ2) is 4.29. The summed E-state index contributed by atoms with van der Waals surface area (Å²) in [6.45, 7) is 0. The normalized spacial score (nSPS) is 22.3. The minimum atomic E-state index is -0.323. The van der Waals surface area contributed by atoms with Crippen molar-refractivity contribution in [2.24, 2.45) is 5.73 Å². The lowest BCUT2D eigenvalue weighted by Gasteiger charge is -2.33. The van der Waals surface area contributed by atoms with E-state index >= 15 is 0 Å². The van der Waals surface area contributed by atoms with E-state index in [1.807, 2.05) is 6.07 Å². The van der Waals surface area contributed by atoms with E-state index in [0.717, 1.165) is 29.7 Å². The minimum absolute atomic E-state index is 0.223. The van der Waals surface area contributed by atoms with Crippen LogP contribution in [0.4, 0.5) is 4.39 Å². The standard InChI is InChI=1S/C16H20FN3/c17-11-4-7-14-13(10-11)19-15(20(14)12-5-6-12)16(18)8-2-1-3-9-16/h4,7,10,12H,1-3,5-6,8-9,18H2. The molecule has 1 aromatic heterocycles. The van der Waals surface area contributed by atoms with Crippen molar-refractivity contribution in [1.82, 2.24) is 9.55 Å². The molecule has 2 N–H and O–H groups in total. The van der Waals surface area contributed by atoms with E-state index in [9.17, 15) is 4.39 Å². The van der Waals surface area contributed by atoms with E-state index in [1.54, 1.807) is 0 Å². The van der Waals surface area contributed by atoms with Crippen molar-refractivity contribution in [3.05, 3.63) is 29.8 Å². The SMILES string of the molecule is NC1(c2nc3cc(F)ccc3n2C2CC2)CCCCC1. The summed E-state index contributed by atoms with van der Waals surface area (Å²) in [4.78, 5) is 4.73. The van der Waals surface area contributed by atoms with Crippen molar-refractivity contribution in [3.63, 3.8) is 0 Å². The average molecular weight is 273 g/mol. The quantitative estimate of drug-likeness (QED) is 0.908. The molecular weight excluding hydrogens is 253 g/mol. The Bertz CT molecular complexity index is 651. The highest BCUT2D eigenvalue weighted by molar-refractivity contribution is 5.76. The number of nitrogens with zero attached hydrogens (tertiary/aromatic N) is 2. The summed E-state index contributed by atoms with van der Waals surface area (Å²) in [6, 6.07) is 5.43. The number of rotatable bonds is 2. The zero-order valence-electron chi connectivity index (χ0n) is 11.6. The Morgan fingerprint density at radius 3 is 2.65 bits per heavy atom. The van der Waals surface area contributed by atoms with Gasteiger partial charge in [-0.3, -0.25) is 0 Å². The molecule has 0 bridgehead atoms. The van der Waals surface area contributed by atoms with Crippen LogP contribution < -0.4 is 5.73 Å². The van der Waals surface area contributed by atoms with Gasteiger partial charge in [-0.15, -0.1) is 0 Å². The molecule has 106 valence electrons. The average Bonchev–Trinajstić information content (AvgIpc) is 3.20. The molecule has 1 heterocycles. The third kappa shape index (κ3) is 1.85. The van der Waals surface area contributed by atoms with Gasteiger partial charge in [-0.2, -0.15) is 0 Å². The van der Waals surface area contributed by atoms with Gasteiger partial charge in [0.05, 0.1) is 16.6 Å². The molecule has 4 rings (SSSR count). The summed E-state index contributed by atoms with van der Waals surface area (Å²) in [5, 5.41) is 0. The summed E-state index contributed by atoms with van der Waals surface area (Å²) in [6.07, 6.45) is 7.95. The maximum atomic E-state index is 13.5. The van der Waals surface area contributed by atoms with Crippen LogP contribution in [0.1, 0.15) is 56.8 Å². The Morgan fingerprint density at radius 1 is 1.20 bits per heavy atom. The molecule has 0 amide bonds. The van der Waals surface area contributed by atoms with Crippen LogP contribution in [0.3, 0.4) is 0 Å². The van der Waals surface area contributed by atoms with Gasteiger partial charge in [-0.1, -0.05) is 19.3 Å². The minimum Gasteiger partial charge on any atom is -0.323 e. The number of fused-ring (bicyclic) bond motifs is 1. The molecule has 4 heteroatoms. The highest BCUT2D eigenvalue weighted by Crippen LogP contribution is 2.43. The molecular formula is C16H20FN3. The Labute approximate surface area is 118 Å². The molecule has 0 saturated heterocycles. The number of benzene rings is 1. The van der Waals surface area contributed by atoms with Gasteiger partial charge in [-0.25, -0.2) is 9.37 Å². The van der Waals surface area contributed by atoms with E-state index < -0.39 is 0 Å². The van der Waals surface area contributed by atoms with Crippen LogP contribution in [0.25, 0.3) is 11.0 Å². The fourth-order valence-electron chi connectivity index (χ4n) is 3.53. The van der Waals surface area contributed by atoms with Crippen molar-refractivity contribution in [3.8, 4) is 0 Å². The number of hydrogen-bond donors (Lipinski definition) is 1. The lowest BCUT2D eigenvalue weighted by atomic mass is 9.82. The molecule has 0 aliphatic heterocycles. The number of halogens is 1. The van der Waals surface area contributed by atoms with Crippen molar-refractivity contribution < 1.29 is 4.39 Å². The molecule has 1 aromatic carbocycles. The van der Waals surface area contributed by atoms with Crippen LogP contribution in [0.15, 0.2) is 18.2 Å². The van der Waals surface area contributed by atoms with Gasteiger partial charge in [0, 0.05) is 12.1 Å². The van der Waals surface area contributed by atoms with E-state index in [-0.39, 0.29) is 11.4 Å². The van der Waals surface area contributed by atoms with Crippen molar-refractivity contribution >= 4 is 11.0 Å². The Balaban J connectivity index is 1.91. The zero-order chi connectivity index (χ0) is 13.7. The zero-order valence-corrected chi connectivity index (χ0v) is 11.6. The van der Waals surface area contributed by atoms with E-state index in [1.165, 1.54) is 44.2 Å². The molecule has 0 radical (unpaired) electrons. The molecule has 2 fully saturated rings.